The Balaban J connectivity index is 1.65. The monoisotopic (exact) mass is 391 g/mol. The highest BCUT2D eigenvalue weighted by molar-refractivity contribution is 5.94. The lowest BCUT2D eigenvalue weighted by atomic mass is 10.1. The highest BCUT2D eigenvalue weighted by Gasteiger charge is 2.18. The van der Waals surface area contributed by atoms with Crippen LogP contribution in [-0.2, 0) is 6.54 Å². The maximum absolute atomic E-state index is 12.5. The second-order valence-corrected chi connectivity index (χ2v) is 6.56. The standard InChI is InChI=1S/C21H23F2NO4/c1-26-19-12-14(10-11-18(19)28-21(22)23)20(25)24-13-15-6-2-5-9-17(15)27-16-7-3-4-8-16/h2,5-6,9-12,16,21H,3-4,7-8,13H2,1H3,(H,24,25). The Morgan fingerprint density at radius 3 is 2.57 bits per heavy atom. The minimum absolute atomic E-state index is 0.0675. The Morgan fingerprint density at radius 1 is 1.11 bits per heavy atom. The summed E-state index contributed by atoms with van der Waals surface area (Å²) in [7, 11) is 1.33. The summed E-state index contributed by atoms with van der Waals surface area (Å²) in [6.45, 7) is -2.68. The molecule has 1 saturated carbocycles. The molecule has 0 saturated heterocycles. The van der Waals surface area contributed by atoms with Gasteiger partial charge in [0.05, 0.1) is 13.2 Å². The van der Waals surface area contributed by atoms with Gasteiger partial charge in [0.1, 0.15) is 5.75 Å². The first kappa shape index (κ1) is 19.9. The van der Waals surface area contributed by atoms with Crippen molar-refractivity contribution in [3.63, 3.8) is 0 Å². The Kier molecular flexibility index (Phi) is 6.68. The van der Waals surface area contributed by atoms with Crippen molar-refractivity contribution in [2.24, 2.45) is 0 Å². The zero-order chi connectivity index (χ0) is 19.9. The Morgan fingerprint density at radius 2 is 1.86 bits per heavy atom. The fraction of sp³-hybridized carbons (Fsp3) is 0.381. The molecule has 0 spiro atoms. The molecule has 2 aromatic carbocycles. The van der Waals surface area contributed by atoms with E-state index in [2.05, 4.69) is 10.1 Å². The predicted molar refractivity (Wildman–Crippen MR) is 100 cm³/mol. The predicted octanol–water partition coefficient (Wildman–Crippen LogP) is 4.55. The fourth-order valence-corrected chi connectivity index (χ4v) is 3.23. The zero-order valence-electron chi connectivity index (χ0n) is 15.6. The van der Waals surface area contributed by atoms with E-state index >= 15 is 0 Å². The van der Waals surface area contributed by atoms with Crippen molar-refractivity contribution in [3.8, 4) is 17.2 Å². The number of amides is 1. The molecule has 1 fully saturated rings. The van der Waals surface area contributed by atoms with Crippen LogP contribution in [0.15, 0.2) is 42.5 Å². The van der Waals surface area contributed by atoms with Crippen molar-refractivity contribution < 1.29 is 27.8 Å². The van der Waals surface area contributed by atoms with E-state index in [-0.39, 0.29) is 29.1 Å². The molecule has 28 heavy (non-hydrogen) atoms. The number of carbonyl (C=O) groups is 1. The summed E-state index contributed by atoms with van der Waals surface area (Å²) in [5, 5.41) is 2.83. The topological polar surface area (TPSA) is 56.8 Å². The minimum Gasteiger partial charge on any atom is -0.493 e. The van der Waals surface area contributed by atoms with Gasteiger partial charge in [-0.3, -0.25) is 4.79 Å². The smallest absolute Gasteiger partial charge is 0.387 e. The quantitative estimate of drug-likeness (QED) is 0.717. The van der Waals surface area contributed by atoms with E-state index in [1.807, 2.05) is 24.3 Å². The number of benzene rings is 2. The molecule has 0 atom stereocenters. The molecule has 0 aliphatic heterocycles. The molecular formula is C21H23F2NO4. The van der Waals surface area contributed by atoms with Gasteiger partial charge >= 0.3 is 6.61 Å². The van der Waals surface area contributed by atoms with E-state index in [1.165, 1.54) is 38.2 Å². The number of hydrogen-bond acceptors (Lipinski definition) is 4. The Labute approximate surface area is 162 Å². The molecule has 1 aliphatic rings. The van der Waals surface area contributed by atoms with Gasteiger partial charge in [0.2, 0.25) is 0 Å². The lowest BCUT2D eigenvalue weighted by Gasteiger charge is -2.17. The minimum atomic E-state index is -2.97. The van der Waals surface area contributed by atoms with Gasteiger partial charge in [-0.15, -0.1) is 0 Å². The molecule has 1 aliphatic carbocycles. The number of carbonyl (C=O) groups excluding carboxylic acids is 1. The second kappa shape index (κ2) is 9.39. The van der Waals surface area contributed by atoms with Gasteiger partial charge in [0, 0.05) is 17.7 Å². The molecule has 0 heterocycles. The van der Waals surface area contributed by atoms with Gasteiger partial charge in [0.25, 0.3) is 5.91 Å². The van der Waals surface area contributed by atoms with Gasteiger partial charge in [0.15, 0.2) is 11.5 Å². The Hall–Kier alpha value is -2.83. The first-order valence-corrected chi connectivity index (χ1v) is 9.22. The van der Waals surface area contributed by atoms with Gasteiger partial charge in [-0.25, -0.2) is 0 Å². The molecule has 0 aromatic heterocycles. The van der Waals surface area contributed by atoms with E-state index in [4.69, 9.17) is 9.47 Å². The third-order valence-electron chi connectivity index (χ3n) is 4.65. The van der Waals surface area contributed by atoms with Crippen molar-refractivity contribution in [1.82, 2.24) is 5.32 Å². The summed E-state index contributed by atoms with van der Waals surface area (Å²) < 4.78 is 40.3. The lowest BCUT2D eigenvalue weighted by Crippen LogP contribution is -2.23. The average molecular weight is 391 g/mol. The first-order chi connectivity index (χ1) is 13.6. The number of hydrogen-bond donors (Lipinski definition) is 1. The van der Waals surface area contributed by atoms with E-state index in [0.29, 0.717) is 6.54 Å². The number of methoxy groups -OCH3 is 1. The zero-order valence-corrected chi connectivity index (χ0v) is 15.6. The highest BCUT2D eigenvalue weighted by Crippen LogP contribution is 2.30. The molecule has 0 unspecified atom stereocenters. The first-order valence-electron chi connectivity index (χ1n) is 9.22. The van der Waals surface area contributed by atoms with Crippen LogP contribution in [0.2, 0.25) is 0 Å². The van der Waals surface area contributed by atoms with Crippen molar-refractivity contribution in [1.29, 1.82) is 0 Å². The second-order valence-electron chi connectivity index (χ2n) is 6.56. The van der Waals surface area contributed by atoms with Crippen LogP contribution in [0.1, 0.15) is 41.6 Å². The lowest BCUT2D eigenvalue weighted by molar-refractivity contribution is -0.0512. The number of nitrogens with one attached hydrogen (secondary N) is 1. The van der Waals surface area contributed by atoms with Gasteiger partial charge in [-0.1, -0.05) is 18.2 Å². The van der Waals surface area contributed by atoms with Crippen LogP contribution in [0.5, 0.6) is 17.2 Å². The molecule has 150 valence electrons. The largest absolute Gasteiger partial charge is 0.493 e. The molecule has 1 N–H and O–H groups in total. The average Bonchev–Trinajstić information content (AvgIpc) is 3.20. The summed E-state index contributed by atoms with van der Waals surface area (Å²) in [6.07, 6.45) is 4.68. The van der Waals surface area contributed by atoms with E-state index < -0.39 is 6.61 Å². The van der Waals surface area contributed by atoms with E-state index in [1.54, 1.807) is 0 Å². The molecule has 5 nitrogen and oxygen atoms in total. The summed E-state index contributed by atoms with van der Waals surface area (Å²) in [4.78, 5) is 12.5. The fourth-order valence-electron chi connectivity index (χ4n) is 3.23. The number of rotatable bonds is 8. The number of alkyl halides is 2. The van der Waals surface area contributed by atoms with Crippen molar-refractivity contribution in [3.05, 3.63) is 53.6 Å². The molecule has 1 amide bonds. The Bertz CT molecular complexity index is 807. The maximum Gasteiger partial charge on any atom is 0.387 e. The number of para-hydroxylation sites is 1. The molecule has 2 aromatic rings. The number of halogens is 2. The van der Waals surface area contributed by atoms with Crippen LogP contribution in [0, 0.1) is 0 Å². The van der Waals surface area contributed by atoms with Crippen LogP contribution in [0.25, 0.3) is 0 Å². The van der Waals surface area contributed by atoms with Crippen LogP contribution in [0.4, 0.5) is 8.78 Å². The van der Waals surface area contributed by atoms with E-state index in [0.717, 1.165) is 24.2 Å². The SMILES string of the molecule is COc1cc(C(=O)NCc2ccccc2OC2CCCC2)ccc1OC(F)F. The van der Waals surface area contributed by atoms with Crippen molar-refractivity contribution in [2.45, 2.75) is 44.9 Å². The van der Waals surface area contributed by atoms with Gasteiger partial charge in [-0.2, -0.15) is 8.78 Å². The van der Waals surface area contributed by atoms with E-state index in [9.17, 15) is 13.6 Å². The summed E-state index contributed by atoms with van der Waals surface area (Å²) >= 11 is 0. The third-order valence-corrected chi connectivity index (χ3v) is 4.65. The van der Waals surface area contributed by atoms with Crippen molar-refractivity contribution in [2.75, 3.05) is 7.11 Å². The normalized spacial score (nSPS) is 14.1. The van der Waals surface area contributed by atoms with Gasteiger partial charge in [-0.05, 0) is 49.9 Å². The molecule has 0 bridgehead atoms. The van der Waals surface area contributed by atoms with Crippen LogP contribution in [-0.4, -0.2) is 25.7 Å². The highest BCUT2D eigenvalue weighted by atomic mass is 19.3. The summed E-state index contributed by atoms with van der Waals surface area (Å²) in [6, 6.07) is 11.7. The third kappa shape index (κ3) is 5.12. The summed E-state index contributed by atoms with van der Waals surface area (Å²) in [5.41, 5.74) is 1.17. The van der Waals surface area contributed by atoms with Crippen LogP contribution in [0.3, 0.4) is 0 Å². The van der Waals surface area contributed by atoms with Crippen LogP contribution >= 0.6 is 0 Å². The number of ether oxygens (including phenoxy) is 3. The van der Waals surface area contributed by atoms with Gasteiger partial charge < -0.3 is 19.5 Å². The molecule has 7 heteroatoms. The summed E-state index contributed by atoms with van der Waals surface area (Å²) in [5.74, 6) is 0.368. The maximum atomic E-state index is 12.5. The molecular weight excluding hydrogens is 368 g/mol. The van der Waals surface area contributed by atoms with Crippen LogP contribution < -0.4 is 19.5 Å². The van der Waals surface area contributed by atoms with Crippen molar-refractivity contribution >= 4 is 5.91 Å². The molecule has 3 rings (SSSR count). The molecule has 0 radical (unpaired) electrons.